The van der Waals surface area contributed by atoms with Gasteiger partial charge < -0.3 is 4.74 Å². The van der Waals surface area contributed by atoms with Gasteiger partial charge in [0.2, 0.25) is 0 Å². The lowest BCUT2D eigenvalue weighted by molar-refractivity contribution is -0.154. The Morgan fingerprint density at radius 3 is 2.38 bits per heavy atom. The van der Waals surface area contributed by atoms with E-state index in [1.54, 1.807) is 12.1 Å². The lowest BCUT2D eigenvalue weighted by Crippen LogP contribution is -2.20. The molecule has 194 valence electrons. The Morgan fingerprint density at radius 1 is 0.946 bits per heavy atom. The highest BCUT2D eigenvalue weighted by Gasteiger charge is 2.30. The minimum absolute atomic E-state index is 0.0684. The van der Waals surface area contributed by atoms with E-state index in [2.05, 4.69) is 23.2 Å². The van der Waals surface area contributed by atoms with E-state index in [0.29, 0.717) is 11.1 Å². The van der Waals surface area contributed by atoms with Crippen molar-refractivity contribution in [1.82, 2.24) is 0 Å². The minimum atomic E-state index is -4.74. The van der Waals surface area contributed by atoms with Gasteiger partial charge >= 0.3 is 6.18 Å². The number of rotatable bonds is 6. The Bertz CT molecular complexity index is 1340. The van der Waals surface area contributed by atoms with E-state index in [4.69, 9.17) is 0 Å². The topological polar surface area (TPSA) is 9.23 Å². The molecule has 0 atom stereocenters. The van der Waals surface area contributed by atoms with E-state index < -0.39 is 36.0 Å². The summed E-state index contributed by atoms with van der Waals surface area (Å²) < 4.78 is 85.5. The molecular formula is C30H26F6O. The van der Waals surface area contributed by atoms with Crippen LogP contribution in [-0.2, 0) is 0 Å². The second kappa shape index (κ2) is 11.3. The Morgan fingerprint density at radius 2 is 1.70 bits per heavy atom. The van der Waals surface area contributed by atoms with Crippen LogP contribution in [0.2, 0.25) is 0 Å². The maximum atomic E-state index is 15.0. The number of ether oxygens (including phenoxy) is 1. The van der Waals surface area contributed by atoms with Crippen molar-refractivity contribution in [2.45, 2.75) is 44.7 Å². The maximum absolute atomic E-state index is 15.0. The fourth-order valence-electron chi connectivity index (χ4n) is 4.73. The highest BCUT2D eigenvalue weighted by Crippen LogP contribution is 2.35. The first-order valence-corrected chi connectivity index (χ1v) is 12.2. The molecule has 1 nitrogen and oxygen atoms in total. The van der Waals surface area contributed by atoms with Crippen molar-refractivity contribution in [1.29, 1.82) is 0 Å². The Hall–Kier alpha value is -3.40. The highest BCUT2D eigenvalue weighted by atomic mass is 19.4. The van der Waals surface area contributed by atoms with Crippen LogP contribution in [0.15, 0.2) is 55.1 Å². The lowest BCUT2D eigenvalue weighted by atomic mass is 9.80. The first kappa shape index (κ1) is 26.7. The van der Waals surface area contributed by atoms with Gasteiger partial charge in [0.05, 0.1) is 0 Å². The molecule has 0 N–H and O–H groups in total. The van der Waals surface area contributed by atoms with Crippen LogP contribution in [0.3, 0.4) is 0 Å². The Balaban J connectivity index is 1.50. The van der Waals surface area contributed by atoms with Crippen molar-refractivity contribution in [3.63, 3.8) is 0 Å². The van der Waals surface area contributed by atoms with Gasteiger partial charge in [-0.2, -0.15) is 13.2 Å². The molecule has 0 saturated heterocycles. The molecule has 3 aromatic carbocycles. The first-order valence-electron chi connectivity index (χ1n) is 12.2. The van der Waals surface area contributed by atoms with Crippen LogP contribution in [0.1, 0.15) is 44.1 Å². The van der Waals surface area contributed by atoms with Gasteiger partial charge in [0, 0.05) is 22.4 Å². The smallest absolute Gasteiger partial charge is 0.422 e. The van der Waals surface area contributed by atoms with E-state index in [9.17, 15) is 26.3 Å². The molecule has 0 spiro atoms. The summed E-state index contributed by atoms with van der Waals surface area (Å²) in [6, 6.07) is 9.52. The molecule has 0 unspecified atom stereocenters. The normalized spacial score (nSPS) is 17.8. The van der Waals surface area contributed by atoms with Gasteiger partial charge in [-0.05, 0) is 79.7 Å². The summed E-state index contributed by atoms with van der Waals surface area (Å²) in [6.45, 7) is 1.96. The molecule has 0 bridgehead atoms. The van der Waals surface area contributed by atoms with Gasteiger partial charge in [0.15, 0.2) is 24.0 Å². The van der Waals surface area contributed by atoms with E-state index >= 15 is 0 Å². The van der Waals surface area contributed by atoms with Crippen LogP contribution >= 0.6 is 0 Å². The summed E-state index contributed by atoms with van der Waals surface area (Å²) >= 11 is 0. The highest BCUT2D eigenvalue weighted by molar-refractivity contribution is 5.89. The number of allylic oxidation sites excluding steroid dienone is 1. The lowest BCUT2D eigenvalue weighted by Gasteiger charge is -2.25. The molecule has 4 rings (SSSR count). The molecule has 3 aromatic rings. The number of benzene rings is 3. The second-order valence-electron chi connectivity index (χ2n) is 9.39. The zero-order valence-electron chi connectivity index (χ0n) is 20.1. The average Bonchev–Trinajstić information content (AvgIpc) is 2.86. The molecule has 0 heterocycles. The summed E-state index contributed by atoms with van der Waals surface area (Å²) in [4.78, 5) is 0. The van der Waals surface area contributed by atoms with Crippen molar-refractivity contribution < 1.29 is 31.1 Å². The van der Waals surface area contributed by atoms with E-state index in [0.717, 1.165) is 50.5 Å². The van der Waals surface area contributed by atoms with Gasteiger partial charge in [-0.1, -0.05) is 36.1 Å². The molecule has 1 saturated carbocycles. The summed E-state index contributed by atoms with van der Waals surface area (Å²) in [7, 11) is 0. The van der Waals surface area contributed by atoms with Crippen LogP contribution in [0, 0.1) is 41.1 Å². The first-order chi connectivity index (χ1) is 17.6. The SMILES string of the molecule is C=CCCC1CCC(C#Cc2ccc(-c3ccc4c(F)c(OCC(F)(F)F)c(F)cc4c3)c(F)c2)CC1. The van der Waals surface area contributed by atoms with Crippen molar-refractivity contribution in [3.05, 3.63) is 78.1 Å². The van der Waals surface area contributed by atoms with Crippen LogP contribution in [-0.4, -0.2) is 12.8 Å². The van der Waals surface area contributed by atoms with Gasteiger partial charge in [0.25, 0.3) is 0 Å². The minimum Gasteiger partial charge on any atom is -0.478 e. The molecular weight excluding hydrogens is 490 g/mol. The van der Waals surface area contributed by atoms with E-state index in [1.807, 2.05) is 6.08 Å². The zero-order valence-corrected chi connectivity index (χ0v) is 20.1. The van der Waals surface area contributed by atoms with Crippen molar-refractivity contribution in [2.75, 3.05) is 6.61 Å². The number of hydrogen-bond acceptors (Lipinski definition) is 1. The molecule has 37 heavy (non-hydrogen) atoms. The fraction of sp³-hybridized carbons (Fsp3) is 0.333. The molecule has 0 radical (unpaired) electrons. The van der Waals surface area contributed by atoms with Crippen LogP contribution in [0.4, 0.5) is 26.3 Å². The third-order valence-corrected chi connectivity index (χ3v) is 6.69. The summed E-state index contributed by atoms with van der Waals surface area (Å²) in [5.74, 6) is 3.18. The van der Waals surface area contributed by atoms with Crippen LogP contribution in [0.25, 0.3) is 21.9 Å². The summed E-state index contributed by atoms with van der Waals surface area (Å²) in [5.41, 5.74) is 1.12. The number of fused-ring (bicyclic) bond motifs is 1. The van der Waals surface area contributed by atoms with Crippen LogP contribution in [0.5, 0.6) is 5.75 Å². The monoisotopic (exact) mass is 516 g/mol. The summed E-state index contributed by atoms with van der Waals surface area (Å²) in [6.07, 6.45) is 3.75. The second-order valence-corrected chi connectivity index (χ2v) is 9.39. The van der Waals surface area contributed by atoms with Crippen molar-refractivity contribution >= 4 is 10.8 Å². The van der Waals surface area contributed by atoms with Crippen molar-refractivity contribution in [2.24, 2.45) is 11.8 Å². The standard InChI is InChI=1S/C30H26F6O/c1-2-3-4-19-5-7-20(8-6-19)9-10-21-11-13-24(26(31)15-21)22-12-14-25-23(16-22)17-27(32)29(28(25)33)37-18-30(34,35)36/h2,11-17,19-20H,1,3-8,18H2. The van der Waals surface area contributed by atoms with Gasteiger partial charge in [-0.3, -0.25) is 0 Å². The molecule has 0 aliphatic heterocycles. The van der Waals surface area contributed by atoms with Crippen LogP contribution < -0.4 is 4.74 Å². The fourth-order valence-corrected chi connectivity index (χ4v) is 4.73. The van der Waals surface area contributed by atoms with Gasteiger partial charge in [0.1, 0.15) is 5.82 Å². The average molecular weight is 517 g/mol. The maximum Gasteiger partial charge on any atom is 0.422 e. The predicted molar refractivity (Wildman–Crippen MR) is 133 cm³/mol. The molecule has 0 aromatic heterocycles. The molecule has 1 fully saturated rings. The van der Waals surface area contributed by atoms with Crippen molar-refractivity contribution in [3.8, 4) is 28.7 Å². The molecule has 0 amide bonds. The number of halogens is 6. The summed E-state index contributed by atoms with van der Waals surface area (Å²) in [5, 5.41) is -0.0664. The van der Waals surface area contributed by atoms with E-state index in [-0.39, 0.29) is 22.3 Å². The molecule has 1 aliphatic carbocycles. The molecule has 7 heteroatoms. The number of hydrogen-bond donors (Lipinski definition) is 0. The Labute approximate surface area is 212 Å². The quantitative estimate of drug-likeness (QED) is 0.180. The Kier molecular flexibility index (Phi) is 8.16. The third-order valence-electron chi connectivity index (χ3n) is 6.69. The predicted octanol–water partition coefficient (Wildman–Crippen LogP) is 8.99. The van der Waals surface area contributed by atoms with Gasteiger partial charge in [-0.15, -0.1) is 6.58 Å². The van der Waals surface area contributed by atoms with Gasteiger partial charge in [-0.25, -0.2) is 13.2 Å². The third kappa shape index (κ3) is 6.68. The largest absolute Gasteiger partial charge is 0.478 e. The number of alkyl halides is 3. The molecule has 1 aliphatic rings. The zero-order chi connectivity index (χ0) is 26.6. The van der Waals surface area contributed by atoms with E-state index in [1.165, 1.54) is 24.3 Å².